The predicted molar refractivity (Wildman–Crippen MR) is 43.4 cm³/mol. The molecule has 0 aromatic carbocycles. The lowest BCUT2D eigenvalue weighted by molar-refractivity contribution is 0.173. The molecule has 1 unspecified atom stereocenters. The highest BCUT2D eigenvalue weighted by molar-refractivity contribution is 5.88. The van der Waals surface area contributed by atoms with E-state index in [-0.39, 0.29) is 19.3 Å². The van der Waals surface area contributed by atoms with Crippen LogP contribution in [0, 0.1) is 0 Å². The summed E-state index contributed by atoms with van der Waals surface area (Å²) in [5, 5.41) is 8.94. The molecule has 1 fully saturated rings. The zero-order chi connectivity index (χ0) is 9.26. The zero-order valence-electron chi connectivity index (χ0n) is 6.84. The fraction of sp³-hybridized carbons (Fsp3) is 0.375. The van der Waals surface area contributed by atoms with Crippen molar-refractivity contribution in [2.24, 2.45) is 0 Å². The summed E-state index contributed by atoms with van der Waals surface area (Å²) >= 11 is 0. The van der Waals surface area contributed by atoms with Crippen molar-refractivity contribution in [2.45, 2.75) is 6.04 Å². The first-order valence-corrected chi connectivity index (χ1v) is 3.93. The van der Waals surface area contributed by atoms with Gasteiger partial charge in [0.25, 0.3) is 0 Å². The van der Waals surface area contributed by atoms with Gasteiger partial charge >= 0.3 is 6.09 Å². The number of cyclic esters (lactones) is 1. The molecule has 1 saturated heterocycles. The highest BCUT2D eigenvalue weighted by atomic mass is 16.6. The van der Waals surface area contributed by atoms with E-state index >= 15 is 0 Å². The first-order chi connectivity index (χ1) is 6.33. The highest BCUT2D eigenvalue weighted by Crippen LogP contribution is 2.22. The SMILES string of the molecule is O=C1OCC(CO)N1c1ccco1. The second-order valence-electron chi connectivity index (χ2n) is 2.73. The quantitative estimate of drug-likeness (QED) is 0.729. The van der Waals surface area contributed by atoms with Crippen LogP contribution in [0.3, 0.4) is 0 Å². The Hall–Kier alpha value is -1.49. The number of aliphatic hydroxyl groups is 1. The van der Waals surface area contributed by atoms with E-state index in [2.05, 4.69) is 0 Å². The molecule has 2 heterocycles. The first kappa shape index (κ1) is 8.12. The molecule has 1 aliphatic rings. The number of carbonyl (C=O) groups is 1. The number of carbonyl (C=O) groups excluding carboxylic acids is 1. The minimum absolute atomic E-state index is 0.133. The molecular weight excluding hydrogens is 174 g/mol. The lowest BCUT2D eigenvalue weighted by Crippen LogP contribution is -2.35. The maximum atomic E-state index is 11.2. The van der Waals surface area contributed by atoms with Crippen LogP contribution in [0.4, 0.5) is 10.7 Å². The van der Waals surface area contributed by atoms with Gasteiger partial charge in [0.1, 0.15) is 12.6 Å². The Morgan fingerprint density at radius 2 is 2.54 bits per heavy atom. The van der Waals surface area contributed by atoms with Crippen molar-refractivity contribution in [3.05, 3.63) is 18.4 Å². The molecule has 1 aromatic heterocycles. The number of anilines is 1. The molecule has 0 radical (unpaired) electrons. The number of nitrogens with zero attached hydrogens (tertiary/aromatic N) is 1. The molecule has 5 nitrogen and oxygen atoms in total. The lowest BCUT2D eigenvalue weighted by Gasteiger charge is -2.15. The van der Waals surface area contributed by atoms with Gasteiger partial charge < -0.3 is 14.3 Å². The molecule has 70 valence electrons. The minimum atomic E-state index is -0.478. The molecule has 5 heteroatoms. The van der Waals surface area contributed by atoms with E-state index in [0.717, 1.165) is 0 Å². The van der Waals surface area contributed by atoms with Crippen molar-refractivity contribution in [3.63, 3.8) is 0 Å². The number of rotatable bonds is 2. The van der Waals surface area contributed by atoms with Gasteiger partial charge in [-0.05, 0) is 6.07 Å². The van der Waals surface area contributed by atoms with Crippen molar-refractivity contribution in [1.82, 2.24) is 0 Å². The molecule has 0 aliphatic carbocycles. The van der Waals surface area contributed by atoms with Crippen molar-refractivity contribution >= 4 is 12.0 Å². The van der Waals surface area contributed by atoms with Crippen LogP contribution in [0.5, 0.6) is 0 Å². The molecule has 1 N–H and O–H groups in total. The van der Waals surface area contributed by atoms with Gasteiger partial charge in [-0.15, -0.1) is 0 Å². The molecule has 0 bridgehead atoms. The van der Waals surface area contributed by atoms with Crippen LogP contribution in [-0.4, -0.2) is 30.5 Å². The van der Waals surface area contributed by atoms with Gasteiger partial charge in [-0.25, -0.2) is 9.69 Å². The summed E-state index contributed by atoms with van der Waals surface area (Å²) in [7, 11) is 0. The molecule has 0 saturated carbocycles. The molecular formula is C8H9NO4. The molecule has 1 aliphatic heterocycles. The van der Waals surface area contributed by atoms with E-state index in [9.17, 15) is 4.79 Å². The second kappa shape index (κ2) is 3.10. The molecule has 2 rings (SSSR count). The normalized spacial score (nSPS) is 22.1. The summed E-state index contributed by atoms with van der Waals surface area (Å²) in [6.45, 7) is 0.0719. The maximum absolute atomic E-state index is 11.2. The smallest absolute Gasteiger partial charge is 0.417 e. The number of amides is 1. The van der Waals surface area contributed by atoms with Gasteiger partial charge in [0.15, 0.2) is 0 Å². The van der Waals surface area contributed by atoms with Gasteiger partial charge in [0.05, 0.1) is 12.9 Å². The first-order valence-electron chi connectivity index (χ1n) is 3.93. The minimum Gasteiger partial charge on any atom is -0.448 e. The summed E-state index contributed by atoms with van der Waals surface area (Å²) in [5.41, 5.74) is 0. The summed E-state index contributed by atoms with van der Waals surface area (Å²) in [6, 6.07) is 2.99. The number of furan rings is 1. The van der Waals surface area contributed by atoms with Gasteiger partial charge in [-0.2, -0.15) is 0 Å². The van der Waals surface area contributed by atoms with Crippen LogP contribution < -0.4 is 4.90 Å². The van der Waals surface area contributed by atoms with Crippen LogP contribution in [0.1, 0.15) is 0 Å². The number of hydrogen-bond donors (Lipinski definition) is 1. The average Bonchev–Trinajstić information content (AvgIpc) is 2.72. The molecule has 1 amide bonds. The Kier molecular flexibility index (Phi) is 1.94. The van der Waals surface area contributed by atoms with Crippen LogP contribution >= 0.6 is 0 Å². The fourth-order valence-corrected chi connectivity index (χ4v) is 1.27. The van der Waals surface area contributed by atoms with E-state index in [1.807, 2.05) is 0 Å². The summed E-state index contributed by atoms with van der Waals surface area (Å²) in [5.74, 6) is 0.404. The third kappa shape index (κ3) is 1.27. The number of ether oxygens (including phenoxy) is 1. The Labute approximate surface area is 74.5 Å². The maximum Gasteiger partial charge on any atom is 0.417 e. The van der Waals surface area contributed by atoms with E-state index < -0.39 is 6.09 Å². The summed E-state index contributed by atoms with van der Waals surface area (Å²) in [6.07, 6.45) is 0.990. The van der Waals surface area contributed by atoms with Crippen molar-refractivity contribution in [2.75, 3.05) is 18.1 Å². The monoisotopic (exact) mass is 183 g/mol. The highest BCUT2D eigenvalue weighted by Gasteiger charge is 2.35. The van der Waals surface area contributed by atoms with Crippen LogP contribution in [-0.2, 0) is 4.74 Å². The van der Waals surface area contributed by atoms with Crippen molar-refractivity contribution < 1.29 is 19.1 Å². The Bertz CT molecular complexity index is 295. The standard InChI is InChI=1S/C8H9NO4/c10-4-6-5-13-8(11)9(6)7-2-1-3-12-7/h1-3,6,10H,4-5H2. The van der Waals surface area contributed by atoms with Crippen LogP contribution in [0.15, 0.2) is 22.8 Å². The molecule has 1 atom stereocenters. The zero-order valence-corrected chi connectivity index (χ0v) is 6.84. The van der Waals surface area contributed by atoms with E-state index in [1.54, 1.807) is 12.1 Å². The van der Waals surface area contributed by atoms with E-state index in [0.29, 0.717) is 5.88 Å². The van der Waals surface area contributed by atoms with Gasteiger partial charge in [0, 0.05) is 6.07 Å². The van der Waals surface area contributed by atoms with Crippen LogP contribution in [0.2, 0.25) is 0 Å². The average molecular weight is 183 g/mol. The molecule has 0 spiro atoms. The van der Waals surface area contributed by atoms with Gasteiger partial charge in [0.2, 0.25) is 5.88 Å². The predicted octanol–water partition coefficient (Wildman–Crippen LogP) is 0.597. The number of hydrogen-bond acceptors (Lipinski definition) is 4. The fourth-order valence-electron chi connectivity index (χ4n) is 1.27. The summed E-state index contributed by atoms with van der Waals surface area (Å²) < 4.78 is 9.79. The van der Waals surface area contributed by atoms with E-state index in [4.69, 9.17) is 14.3 Å². The third-order valence-corrected chi connectivity index (χ3v) is 1.92. The Balaban J connectivity index is 2.25. The van der Waals surface area contributed by atoms with Gasteiger partial charge in [-0.3, -0.25) is 0 Å². The van der Waals surface area contributed by atoms with Crippen molar-refractivity contribution in [1.29, 1.82) is 0 Å². The molecule has 13 heavy (non-hydrogen) atoms. The Morgan fingerprint density at radius 3 is 3.15 bits per heavy atom. The van der Waals surface area contributed by atoms with Gasteiger partial charge in [-0.1, -0.05) is 0 Å². The van der Waals surface area contributed by atoms with Crippen LogP contribution in [0.25, 0.3) is 0 Å². The van der Waals surface area contributed by atoms with E-state index in [1.165, 1.54) is 11.2 Å². The third-order valence-electron chi connectivity index (χ3n) is 1.92. The Morgan fingerprint density at radius 1 is 1.69 bits per heavy atom. The van der Waals surface area contributed by atoms with Crippen molar-refractivity contribution in [3.8, 4) is 0 Å². The topological polar surface area (TPSA) is 62.9 Å². The number of aliphatic hydroxyl groups excluding tert-OH is 1. The second-order valence-corrected chi connectivity index (χ2v) is 2.73. The largest absolute Gasteiger partial charge is 0.448 e. The lowest BCUT2D eigenvalue weighted by atomic mass is 10.3. The molecule has 1 aromatic rings. The summed E-state index contributed by atoms with van der Waals surface area (Å²) in [4.78, 5) is 12.5.